The molecule has 17 heavy (non-hydrogen) atoms. The SMILES string of the molecule is NC(=O)C(N)CCOc1ccccc1CCO. The van der Waals surface area contributed by atoms with E-state index >= 15 is 0 Å². The van der Waals surface area contributed by atoms with Crippen molar-refractivity contribution >= 4 is 5.91 Å². The second-order valence-electron chi connectivity index (χ2n) is 3.73. The average Bonchev–Trinajstić information content (AvgIpc) is 2.31. The number of hydrogen-bond donors (Lipinski definition) is 3. The smallest absolute Gasteiger partial charge is 0.234 e. The molecule has 0 aromatic heterocycles. The molecule has 1 rings (SSSR count). The maximum absolute atomic E-state index is 10.7. The van der Waals surface area contributed by atoms with Crippen LogP contribution in [-0.2, 0) is 11.2 Å². The lowest BCUT2D eigenvalue weighted by atomic mass is 10.1. The van der Waals surface area contributed by atoms with Crippen LogP contribution in [-0.4, -0.2) is 30.3 Å². The molecule has 0 aliphatic rings. The molecule has 5 nitrogen and oxygen atoms in total. The zero-order chi connectivity index (χ0) is 12.7. The third kappa shape index (κ3) is 4.42. The van der Waals surface area contributed by atoms with Crippen LogP contribution in [0.3, 0.4) is 0 Å². The summed E-state index contributed by atoms with van der Waals surface area (Å²) in [6.45, 7) is 0.397. The monoisotopic (exact) mass is 238 g/mol. The van der Waals surface area contributed by atoms with E-state index in [4.69, 9.17) is 21.3 Å². The summed E-state index contributed by atoms with van der Waals surface area (Å²) in [5, 5.41) is 8.89. The van der Waals surface area contributed by atoms with Gasteiger partial charge >= 0.3 is 0 Å². The highest BCUT2D eigenvalue weighted by Crippen LogP contribution is 2.18. The van der Waals surface area contributed by atoms with Gasteiger partial charge in [-0.25, -0.2) is 0 Å². The van der Waals surface area contributed by atoms with E-state index in [0.717, 1.165) is 5.56 Å². The van der Waals surface area contributed by atoms with Crippen LogP contribution in [0.5, 0.6) is 5.75 Å². The quantitative estimate of drug-likeness (QED) is 0.612. The molecule has 0 bridgehead atoms. The number of primary amides is 1. The Hall–Kier alpha value is -1.59. The van der Waals surface area contributed by atoms with Gasteiger partial charge in [0.1, 0.15) is 5.75 Å². The lowest BCUT2D eigenvalue weighted by Gasteiger charge is -2.12. The molecule has 5 N–H and O–H groups in total. The van der Waals surface area contributed by atoms with Crippen molar-refractivity contribution in [3.8, 4) is 5.75 Å². The predicted octanol–water partition coefficient (Wildman–Crippen LogP) is -0.197. The molecule has 1 unspecified atom stereocenters. The van der Waals surface area contributed by atoms with Gasteiger partial charge in [-0.05, 0) is 18.1 Å². The van der Waals surface area contributed by atoms with Crippen molar-refractivity contribution < 1.29 is 14.6 Å². The Kier molecular flexibility index (Phi) is 5.45. The number of amides is 1. The fourth-order valence-corrected chi connectivity index (χ4v) is 1.41. The highest BCUT2D eigenvalue weighted by Gasteiger charge is 2.09. The second-order valence-corrected chi connectivity index (χ2v) is 3.73. The number of aliphatic hydroxyl groups excluding tert-OH is 1. The summed E-state index contributed by atoms with van der Waals surface area (Å²) in [6.07, 6.45) is 0.917. The third-order valence-electron chi connectivity index (χ3n) is 2.41. The molecule has 1 aromatic carbocycles. The second kappa shape index (κ2) is 6.88. The molecule has 1 atom stereocenters. The van der Waals surface area contributed by atoms with E-state index in [1.54, 1.807) is 0 Å². The molecular weight excluding hydrogens is 220 g/mol. The highest BCUT2D eigenvalue weighted by molar-refractivity contribution is 5.79. The first-order valence-corrected chi connectivity index (χ1v) is 5.51. The molecule has 0 saturated heterocycles. The van der Waals surface area contributed by atoms with Crippen LogP contribution in [0.25, 0.3) is 0 Å². The van der Waals surface area contributed by atoms with Gasteiger partial charge in [-0.3, -0.25) is 4.79 Å². The first-order chi connectivity index (χ1) is 8.15. The zero-order valence-electron chi connectivity index (χ0n) is 9.63. The number of ether oxygens (including phenoxy) is 1. The van der Waals surface area contributed by atoms with E-state index in [9.17, 15) is 4.79 Å². The minimum Gasteiger partial charge on any atom is -0.493 e. The van der Waals surface area contributed by atoms with Crippen LogP contribution in [0.4, 0.5) is 0 Å². The standard InChI is InChI=1S/C12H18N2O3/c13-10(12(14)16)6-8-17-11-4-2-1-3-9(11)5-7-15/h1-4,10,15H,5-8,13H2,(H2,14,16). The Labute approximate surface area is 100 Å². The Balaban J connectivity index is 2.48. The van der Waals surface area contributed by atoms with Crippen molar-refractivity contribution in [3.63, 3.8) is 0 Å². The Morgan fingerprint density at radius 2 is 2.12 bits per heavy atom. The fourth-order valence-electron chi connectivity index (χ4n) is 1.41. The molecule has 0 saturated carbocycles. The van der Waals surface area contributed by atoms with Gasteiger partial charge in [0.15, 0.2) is 0 Å². The van der Waals surface area contributed by atoms with E-state index < -0.39 is 11.9 Å². The Morgan fingerprint density at radius 3 is 2.76 bits per heavy atom. The third-order valence-corrected chi connectivity index (χ3v) is 2.41. The van der Waals surface area contributed by atoms with Crippen LogP contribution < -0.4 is 16.2 Å². The van der Waals surface area contributed by atoms with Gasteiger partial charge in [0.25, 0.3) is 0 Å². The van der Waals surface area contributed by atoms with Gasteiger partial charge in [-0.15, -0.1) is 0 Å². The number of carbonyl (C=O) groups is 1. The molecule has 5 heteroatoms. The number of rotatable bonds is 7. The van der Waals surface area contributed by atoms with Crippen molar-refractivity contribution in [1.82, 2.24) is 0 Å². The maximum Gasteiger partial charge on any atom is 0.234 e. The molecular formula is C12H18N2O3. The normalized spacial score (nSPS) is 12.1. The van der Waals surface area contributed by atoms with Gasteiger partial charge in [-0.1, -0.05) is 18.2 Å². The van der Waals surface area contributed by atoms with E-state index in [0.29, 0.717) is 25.2 Å². The van der Waals surface area contributed by atoms with E-state index in [2.05, 4.69) is 0 Å². The largest absolute Gasteiger partial charge is 0.493 e. The Bertz CT molecular complexity index is 369. The zero-order valence-corrected chi connectivity index (χ0v) is 9.63. The number of benzene rings is 1. The summed E-state index contributed by atoms with van der Waals surface area (Å²) in [5.74, 6) is 0.176. The summed E-state index contributed by atoms with van der Waals surface area (Å²) in [6, 6.07) is 6.76. The summed E-state index contributed by atoms with van der Waals surface area (Å²) in [4.78, 5) is 10.7. The lowest BCUT2D eigenvalue weighted by molar-refractivity contribution is -0.119. The first-order valence-electron chi connectivity index (χ1n) is 5.51. The molecule has 0 spiro atoms. The van der Waals surface area contributed by atoms with Crippen LogP contribution in [0.1, 0.15) is 12.0 Å². The number of hydrogen-bond acceptors (Lipinski definition) is 4. The predicted molar refractivity (Wildman–Crippen MR) is 64.5 cm³/mol. The minimum absolute atomic E-state index is 0.0706. The van der Waals surface area contributed by atoms with Gasteiger partial charge in [0, 0.05) is 13.0 Å². The van der Waals surface area contributed by atoms with E-state index in [1.165, 1.54) is 0 Å². The molecule has 1 amide bonds. The van der Waals surface area contributed by atoms with Crippen molar-refractivity contribution in [2.24, 2.45) is 11.5 Å². The summed E-state index contributed by atoms with van der Waals surface area (Å²) in [5.41, 5.74) is 11.5. The number of para-hydroxylation sites is 1. The maximum atomic E-state index is 10.7. The topological polar surface area (TPSA) is 98.6 Å². The summed E-state index contributed by atoms with van der Waals surface area (Å²) in [7, 11) is 0. The molecule has 94 valence electrons. The summed E-state index contributed by atoms with van der Waals surface area (Å²) >= 11 is 0. The van der Waals surface area contributed by atoms with Gasteiger partial charge < -0.3 is 21.3 Å². The first kappa shape index (κ1) is 13.5. The van der Waals surface area contributed by atoms with Gasteiger partial charge in [0.2, 0.25) is 5.91 Å². The molecule has 0 heterocycles. The number of nitrogens with two attached hydrogens (primary N) is 2. The molecule has 1 aromatic rings. The highest BCUT2D eigenvalue weighted by atomic mass is 16.5. The van der Waals surface area contributed by atoms with Crippen LogP contribution >= 0.6 is 0 Å². The van der Waals surface area contributed by atoms with Crippen LogP contribution in [0, 0.1) is 0 Å². The fraction of sp³-hybridized carbons (Fsp3) is 0.417. The molecule has 0 radical (unpaired) electrons. The van der Waals surface area contributed by atoms with Crippen molar-refractivity contribution in [3.05, 3.63) is 29.8 Å². The van der Waals surface area contributed by atoms with Crippen molar-refractivity contribution in [2.45, 2.75) is 18.9 Å². The summed E-state index contributed by atoms with van der Waals surface area (Å²) < 4.78 is 5.51. The molecule has 0 fully saturated rings. The minimum atomic E-state index is -0.681. The number of aliphatic hydroxyl groups is 1. The lowest BCUT2D eigenvalue weighted by Crippen LogP contribution is -2.37. The van der Waals surface area contributed by atoms with E-state index in [1.807, 2.05) is 24.3 Å². The van der Waals surface area contributed by atoms with E-state index in [-0.39, 0.29) is 6.61 Å². The van der Waals surface area contributed by atoms with Gasteiger partial charge in [0.05, 0.1) is 12.6 Å². The van der Waals surface area contributed by atoms with Crippen molar-refractivity contribution in [2.75, 3.05) is 13.2 Å². The Morgan fingerprint density at radius 1 is 1.41 bits per heavy atom. The van der Waals surface area contributed by atoms with Crippen molar-refractivity contribution in [1.29, 1.82) is 0 Å². The number of carbonyl (C=O) groups excluding carboxylic acids is 1. The molecule has 0 aliphatic carbocycles. The van der Waals surface area contributed by atoms with Crippen LogP contribution in [0.2, 0.25) is 0 Å². The average molecular weight is 238 g/mol. The van der Waals surface area contributed by atoms with Gasteiger partial charge in [-0.2, -0.15) is 0 Å². The molecule has 0 aliphatic heterocycles. The van der Waals surface area contributed by atoms with Crippen LogP contribution in [0.15, 0.2) is 24.3 Å².